The molecule has 1 aromatic heterocycles. The lowest BCUT2D eigenvalue weighted by molar-refractivity contribution is -0.121. The molecule has 2 N–H and O–H groups in total. The van der Waals surface area contributed by atoms with Gasteiger partial charge in [-0.3, -0.25) is 4.79 Å². The molecule has 0 bridgehead atoms. The molecule has 4 heteroatoms. The van der Waals surface area contributed by atoms with E-state index in [0.717, 1.165) is 25.8 Å². The lowest BCUT2D eigenvalue weighted by Gasteiger charge is -2.26. The Labute approximate surface area is 157 Å². The molecule has 0 unspecified atom stereocenters. The van der Waals surface area contributed by atoms with E-state index in [1.165, 1.54) is 68.2 Å². The highest BCUT2D eigenvalue weighted by Crippen LogP contribution is 2.19. The molecule has 3 rings (SSSR count). The van der Waals surface area contributed by atoms with E-state index >= 15 is 0 Å². The topological polar surface area (TPSA) is 48.1 Å². The second-order valence-corrected chi connectivity index (χ2v) is 7.53. The number of fused-ring (bicyclic) bond motifs is 1. The van der Waals surface area contributed by atoms with Crippen molar-refractivity contribution in [1.29, 1.82) is 0 Å². The van der Waals surface area contributed by atoms with Crippen LogP contribution < -0.4 is 5.32 Å². The van der Waals surface area contributed by atoms with E-state index in [1.54, 1.807) is 0 Å². The number of aryl methyl sites for hydroxylation is 1. The van der Waals surface area contributed by atoms with Crippen LogP contribution >= 0.6 is 0 Å². The number of H-pyrrole nitrogens is 1. The van der Waals surface area contributed by atoms with E-state index in [0.29, 0.717) is 6.42 Å². The van der Waals surface area contributed by atoms with Crippen LogP contribution in [0, 0.1) is 0 Å². The molecule has 142 valence electrons. The van der Waals surface area contributed by atoms with Gasteiger partial charge in [0.1, 0.15) is 0 Å². The van der Waals surface area contributed by atoms with Crippen LogP contribution in [0.5, 0.6) is 0 Å². The van der Waals surface area contributed by atoms with Crippen LogP contribution in [0.25, 0.3) is 10.9 Å². The molecular formula is C22H33N3O. The fourth-order valence-electron chi connectivity index (χ4n) is 3.91. The Morgan fingerprint density at radius 1 is 1.04 bits per heavy atom. The third-order valence-electron chi connectivity index (χ3n) is 5.45. The second kappa shape index (κ2) is 10.4. The van der Waals surface area contributed by atoms with Crippen LogP contribution in [-0.2, 0) is 11.2 Å². The number of unbranched alkanes of at least 4 members (excludes halogenated alkanes) is 2. The van der Waals surface area contributed by atoms with Crippen LogP contribution in [0.1, 0.15) is 56.9 Å². The van der Waals surface area contributed by atoms with Gasteiger partial charge in [-0.05, 0) is 69.8 Å². The van der Waals surface area contributed by atoms with Crippen molar-refractivity contribution in [3.63, 3.8) is 0 Å². The van der Waals surface area contributed by atoms with Crippen LogP contribution in [0.15, 0.2) is 30.5 Å². The van der Waals surface area contributed by atoms with Crippen molar-refractivity contribution in [3.05, 3.63) is 36.0 Å². The molecule has 0 spiro atoms. The second-order valence-electron chi connectivity index (χ2n) is 7.53. The van der Waals surface area contributed by atoms with Crippen molar-refractivity contribution in [2.45, 2.75) is 57.8 Å². The standard InChI is InChI=1S/C22H33N3O/c26-22(23-14-5-1-6-15-25-16-7-2-8-17-25)13-9-10-19-18-24-21-12-4-3-11-20(19)21/h3-4,11-12,18,24H,1-2,5-10,13-17H2,(H,23,26). The first-order valence-corrected chi connectivity index (χ1v) is 10.4. The van der Waals surface area contributed by atoms with Gasteiger partial charge in [-0.1, -0.05) is 31.0 Å². The van der Waals surface area contributed by atoms with Crippen LogP contribution in [0.4, 0.5) is 0 Å². The minimum atomic E-state index is 0.195. The number of nitrogens with one attached hydrogen (secondary N) is 2. The molecule has 1 aliphatic rings. The number of para-hydroxylation sites is 1. The molecule has 1 amide bonds. The molecule has 0 aliphatic carbocycles. The normalized spacial score (nSPS) is 15.4. The average Bonchev–Trinajstić information content (AvgIpc) is 3.09. The fraction of sp³-hybridized carbons (Fsp3) is 0.591. The van der Waals surface area contributed by atoms with Gasteiger partial charge in [0.15, 0.2) is 0 Å². The highest BCUT2D eigenvalue weighted by atomic mass is 16.1. The zero-order valence-electron chi connectivity index (χ0n) is 15.9. The summed E-state index contributed by atoms with van der Waals surface area (Å²) in [4.78, 5) is 17.9. The molecule has 2 heterocycles. The molecule has 26 heavy (non-hydrogen) atoms. The molecule has 1 fully saturated rings. The van der Waals surface area contributed by atoms with Crippen LogP contribution in [0.2, 0.25) is 0 Å². The summed E-state index contributed by atoms with van der Waals surface area (Å²) >= 11 is 0. The predicted molar refractivity (Wildman–Crippen MR) is 108 cm³/mol. The number of carbonyl (C=O) groups excluding carboxylic acids is 1. The van der Waals surface area contributed by atoms with Crippen molar-refractivity contribution >= 4 is 16.8 Å². The number of hydrogen-bond donors (Lipinski definition) is 2. The van der Waals surface area contributed by atoms with Gasteiger partial charge in [0, 0.05) is 30.1 Å². The first kappa shape index (κ1) is 19.0. The number of amides is 1. The molecule has 1 aromatic carbocycles. The van der Waals surface area contributed by atoms with Gasteiger partial charge in [-0.2, -0.15) is 0 Å². The van der Waals surface area contributed by atoms with Crippen LogP contribution in [0.3, 0.4) is 0 Å². The Morgan fingerprint density at radius 3 is 2.77 bits per heavy atom. The van der Waals surface area contributed by atoms with Gasteiger partial charge in [-0.15, -0.1) is 0 Å². The molecular weight excluding hydrogens is 322 g/mol. The zero-order valence-corrected chi connectivity index (χ0v) is 15.9. The van der Waals surface area contributed by atoms with Crippen molar-refractivity contribution in [1.82, 2.24) is 15.2 Å². The Kier molecular flexibility index (Phi) is 7.56. The summed E-state index contributed by atoms with van der Waals surface area (Å²) in [6.45, 7) is 4.63. The van der Waals surface area contributed by atoms with Gasteiger partial charge >= 0.3 is 0 Å². The molecule has 2 aromatic rings. The number of carbonyl (C=O) groups is 1. The van der Waals surface area contributed by atoms with E-state index in [4.69, 9.17) is 0 Å². The summed E-state index contributed by atoms with van der Waals surface area (Å²) in [6.07, 6.45) is 12.3. The lowest BCUT2D eigenvalue weighted by atomic mass is 10.1. The summed E-state index contributed by atoms with van der Waals surface area (Å²) in [6, 6.07) is 8.35. The highest BCUT2D eigenvalue weighted by Gasteiger charge is 2.09. The summed E-state index contributed by atoms with van der Waals surface area (Å²) in [5.74, 6) is 0.195. The quantitative estimate of drug-likeness (QED) is 0.626. The molecule has 1 saturated heterocycles. The fourth-order valence-corrected chi connectivity index (χ4v) is 3.91. The first-order chi connectivity index (χ1) is 12.8. The maximum Gasteiger partial charge on any atom is 0.220 e. The van der Waals surface area contributed by atoms with Crippen LogP contribution in [-0.4, -0.2) is 42.0 Å². The lowest BCUT2D eigenvalue weighted by Crippen LogP contribution is -2.30. The number of benzene rings is 1. The van der Waals surface area contributed by atoms with Crippen molar-refractivity contribution in [3.8, 4) is 0 Å². The smallest absolute Gasteiger partial charge is 0.220 e. The number of aromatic nitrogens is 1. The number of aromatic amines is 1. The molecule has 4 nitrogen and oxygen atoms in total. The first-order valence-electron chi connectivity index (χ1n) is 10.4. The number of piperidine rings is 1. The van der Waals surface area contributed by atoms with Gasteiger partial charge in [0.05, 0.1) is 0 Å². The van der Waals surface area contributed by atoms with Gasteiger partial charge < -0.3 is 15.2 Å². The third-order valence-corrected chi connectivity index (χ3v) is 5.45. The van der Waals surface area contributed by atoms with E-state index in [-0.39, 0.29) is 5.91 Å². The summed E-state index contributed by atoms with van der Waals surface area (Å²) in [5, 5.41) is 4.36. The minimum absolute atomic E-state index is 0.195. The van der Waals surface area contributed by atoms with Gasteiger partial charge in [0.25, 0.3) is 0 Å². The molecule has 0 radical (unpaired) electrons. The molecule has 1 aliphatic heterocycles. The Hall–Kier alpha value is -1.81. The van der Waals surface area contributed by atoms with E-state index in [1.807, 2.05) is 6.07 Å². The average molecular weight is 356 g/mol. The highest BCUT2D eigenvalue weighted by molar-refractivity contribution is 5.83. The number of likely N-dealkylation sites (tertiary alicyclic amines) is 1. The van der Waals surface area contributed by atoms with E-state index < -0.39 is 0 Å². The van der Waals surface area contributed by atoms with Crippen molar-refractivity contribution < 1.29 is 4.79 Å². The van der Waals surface area contributed by atoms with E-state index in [9.17, 15) is 4.79 Å². The van der Waals surface area contributed by atoms with Crippen molar-refractivity contribution in [2.75, 3.05) is 26.2 Å². The third kappa shape index (κ3) is 5.87. The minimum Gasteiger partial charge on any atom is -0.361 e. The summed E-state index contributed by atoms with van der Waals surface area (Å²) < 4.78 is 0. The zero-order chi connectivity index (χ0) is 18.0. The van der Waals surface area contributed by atoms with E-state index in [2.05, 4.69) is 39.6 Å². The monoisotopic (exact) mass is 355 g/mol. The largest absolute Gasteiger partial charge is 0.361 e. The maximum absolute atomic E-state index is 12.0. The Morgan fingerprint density at radius 2 is 1.88 bits per heavy atom. The molecule has 0 atom stereocenters. The molecule has 0 saturated carbocycles. The number of nitrogens with zero attached hydrogens (tertiary/aromatic N) is 1. The SMILES string of the molecule is O=C(CCCc1c[nH]c2ccccc12)NCCCCCN1CCCCC1. The maximum atomic E-state index is 12.0. The Balaban J connectivity index is 1.22. The number of hydrogen-bond acceptors (Lipinski definition) is 2. The predicted octanol–water partition coefficient (Wildman–Crippen LogP) is 4.26. The number of rotatable bonds is 10. The van der Waals surface area contributed by atoms with Crippen molar-refractivity contribution in [2.24, 2.45) is 0 Å². The Bertz CT molecular complexity index is 673. The summed E-state index contributed by atoms with van der Waals surface area (Å²) in [5.41, 5.74) is 2.49. The summed E-state index contributed by atoms with van der Waals surface area (Å²) in [7, 11) is 0. The van der Waals surface area contributed by atoms with Gasteiger partial charge in [-0.25, -0.2) is 0 Å². The van der Waals surface area contributed by atoms with Gasteiger partial charge in [0.2, 0.25) is 5.91 Å².